The van der Waals surface area contributed by atoms with Crippen LogP contribution in [0, 0.1) is 29.6 Å². The van der Waals surface area contributed by atoms with E-state index in [9.17, 15) is 23.2 Å². The van der Waals surface area contributed by atoms with Crippen molar-refractivity contribution in [1.29, 1.82) is 0 Å². The van der Waals surface area contributed by atoms with Crippen molar-refractivity contribution in [3.8, 4) is 23.1 Å². The highest BCUT2D eigenvalue weighted by Crippen LogP contribution is 2.45. The van der Waals surface area contributed by atoms with Gasteiger partial charge in [0.2, 0.25) is 11.8 Å². The lowest BCUT2D eigenvalue weighted by atomic mass is 9.96. The molecule has 3 aliphatic rings. The third kappa shape index (κ3) is 7.87. The maximum Gasteiger partial charge on any atom is 0.407 e. The number of carbonyl (C=O) groups excluding carboxylic acids is 3. The van der Waals surface area contributed by atoms with Crippen LogP contribution in [0.3, 0.4) is 0 Å². The molecule has 2 aromatic carbocycles. The lowest BCUT2D eigenvalue weighted by molar-refractivity contribution is -0.138. The van der Waals surface area contributed by atoms with E-state index < -0.39 is 43.0 Å². The zero-order chi connectivity index (χ0) is 39.9. The zero-order valence-electron chi connectivity index (χ0n) is 32.6. The highest BCUT2D eigenvalue weighted by Gasteiger charge is 2.52. The molecule has 5 heterocycles. The van der Waals surface area contributed by atoms with E-state index in [0.29, 0.717) is 12.2 Å². The van der Waals surface area contributed by atoms with E-state index in [-0.39, 0.29) is 41.1 Å². The lowest BCUT2D eigenvalue weighted by Crippen LogP contribution is -2.51. The minimum absolute atomic E-state index is 0.107. The third-order valence-electron chi connectivity index (χ3n) is 11.5. The summed E-state index contributed by atoms with van der Waals surface area (Å²) in [6.45, 7) is 10.1. The minimum atomic E-state index is -3.12. The van der Waals surface area contributed by atoms with Crippen molar-refractivity contribution < 1.29 is 32.6 Å². The molecule has 0 bridgehead atoms. The summed E-state index contributed by atoms with van der Waals surface area (Å²) in [7, 11) is 1.18. The summed E-state index contributed by atoms with van der Waals surface area (Å²) in [5.41, 5.74) is 4.26. The number of H-pyrrole nitrogens is 2. The average molecular weight is 770 g/mol. The van der Waals surface area contributed by atoms with Crippen LogP contribution in [0.4, 0.5) is 13.6 Å². The molecule has 0 unspecified atom stereocenters. The molecule has 3 aliphatic heterocycles. The second-order valence-electron chi connectivity index (χ2n) is 16.1. The van der Waals surface area contributed by atoms with Crippen molar-refractivity contribution in [1.82, 2.24) is 35.1 Å². The van der Waals surface area contributed by atoms with Gasteiger partial charge in [0.25, 0.3) is 5.92 Å². The number of alkyl halides is 2. The summed E-state index contributed by atoms with van der Waals surface area (Å²) >= 11 is 0. The predicted octanol–water partition coefficient (Wildman–Crippen LogP) is 6.76. The first-order chi connectivity index (χ1) is 26.7. The van der Waals surface area contributed by atoms with Crippen molar-refractivity contribution in [3.63, 3.8) is 0 Å². The van der Waals surface area contributed by atoms with Crippen molar-refractivity contribution in [2.75, 3.05) is 26.8 Å². The minimum Gasteiger partial charge on any atom is -0.453 e. The van der Waals surface area contributed by atoms with E-state index >= 15 is 0 Å². The van der Waals surface area contributed by atoms with Gasteiger partial charge in [0.15, 0.2) is 0 Å². The summed E-state index contributed by atoms with van der Waals surface area (Å²) in [6, 6.07) is 11.0. The number of hydrogen-bond acceptors (Lipinski definition) is 7. The third-order valence-corrected chi connectivity index (χ3v) is 11.5. The topological polar surface area (TPSA) is 146 Å². The maximum atomic E-state index is 14.8. The first kappa shape index (κ1) is 39.0. The Morgan fingerprint density at radius 2 is 1.61 bits per heavy atom. The number of likely N-dealkylation sites (tertiary alicyclic amines) is 2. The van der Waals surface area contributed by atoms with Crippen LogP contribution < -0.4 is 5.32 Å². The number of aromatic nitrogens is 4. The number of nitrogens with one attached hydrogen (secondary N) is 3. The number of ether oxygens (including phenoxy) is 2. The van der Waals surface area contributed by atoms with Crippen molar-refractivity contribution in [2.45, 2.75) is 90.0 Å². The van der Waals surface area contributed by atoms with Gasteiger partial charge in [-0.25, -0.2) is 23.5 Å². The molecule has 2 aromatic heterocycles. The molecule has 5 atom stereocenters. The Labute approximate surface area is 325 Å². The van der Waals surface area contributed by atoms with Gasteiger partial charge in [-0.3, -0.25) is 9.59 Å². The lowest BCUT2D eigenvalue weighted by Gasteiger charge is -2.29. The number of imidazole rings is 2. The molecule has 3 fully saturated rings. The van der Waals surface area contributed by atoms with E-state index in [4.69, 9.17) is 9.72 Å². The van der Waals surface area contributed by atoms with Crippen LogP contribution in [0.2, 0.25) is 0 Å². The number of amides is 3. The summed E-state index contributed by atoms with van der Waals surface area (Å²) < 4.78 is 40.4. The van der Waals surface area contributed by atoms with Gasteiger partial charge in [0.1, 0.15) is 17.7 Å². The molecule has 3 N–H and O–H groups in total. The van der Waals surface area contributed by atoms with Crippen LogP contribution in [0.5, 0.6) is 0 Å². The Morgan fingerprint density at radius 3 is 2.29 bits per heavy atom. The van der Waals surface area contributed by atoms with Gasteiger partial charge in [-0.2, -0.15) is 0 Å². The van der Waals surface area contributed by atoms with Gasteiger partial charge >= 0.3 is 6.09 Å². The Bertz CT molecular complexity index is 2160. The molecule has 12 nitrogen and oxygen atoms in total. The monoisotopic (exact) mass is 769 g/mol. The molecule has 0 aliphatic carbocycles. The summed E-state index contributed by atoms with van der Waals surface area (Å²) in [4.78, 5) is 58.0. The van der Waals surface area contributed by atoms with Crippen LogP contribution in [0.15, 0.2) is 48.7 Å². The number of rotatable bonds is 8. The van der Waals surface area contributed by atoms with Gasteiger partial charge in [-0.05, 0) is 60.6 Å². The number of carbonyl (C=O) groups is 3. The van der Waals surface area contributed by atoms with E-state index in [0.717, 1.165) is 64.3 Å². The van der Waals surface area contributed by atoms with Gasteiger partial charge in [-0.1, -0.05) is 58.6 Å². The Kier molecular flexibility index (Phi) is 10.7. The molecule has 296 valence electrons. The molecule has 1 spiro atoms. The van der Waals surface area contributed by atoms with Gasteiger partial charge in [-0.15, -0.1) is 0 Å². The second kappa shape index (κ2) is 15.3. The fourth-order valence-corrected chi connectivity index (χ4v) is 7.98. The number of nitrogens with zero attached hydrogens (tertiary/aromatic N) is 4. The Morgan fingerprint density at radius 1 is 0.911 bits per heavy atom. The zero-order valence-corrected chi connectivity index (χ0v) is 32.6. The van der Waals surface area contributed by atoms with E-state index in [1.807, 2.05) is 54.3 Å². The normalized spacial score (nSPS) is 22.8. The van der Waals surface area contributed by atoms with Gasteiger partial charge in [0.05, 0.1) is 60.8 Å². The average Bonchev–Trinajstić information content (AvgIpc) is 4.02. The number of aromatic amines is 2. The predicted molar refractivity (Wildman–Crippen MR) is 205 cm³/mol. The summed E-state index contributed by atoms with van der Waals surface area (Å²) in [5.74, 6) is 3.58. The highest BCUT2D eigenvalue weighted by atomic mass is 19.3. The molecular weight excluding hydrogens is 721 g/mol. The van der Waals surface area contributed by atoms with E-state index in [2.05, 4.69) is 50.7 Å². The second-order valence-corrected chi connectivity index (χ2v) is 16.1. The molecule has 4 aromatic rings. The van der Waals surface area contributed by atoms with Crippen LogP contribution in [-0.4, -0.2) is 92.0 Å². The first-order valence-corrected chi connectivity index (χ1v) is 19.3. The highest BCUT2D eigenvalue weighted by molar-refractivity contribution is 5.86. The smallest absolute Gasteiger partial charge is 0.407 e. The van der Waals surface area contributed by atoms with Crippen LogP contribution >= 0.6 is 0 Å². The standard InChI is InChI=1S/C42H49F2N7O5/c1-24(2)26(5)38(52)50-22-41(16-7-17-56-41)19-33(50)37-46-30-15-12-28(18-31(30)47-37)9-8-27-10-13-29(14-11-27)32-21-45-36(48-32)34-20-42(43,44)23-51(34)39(53)35(25(3)4)49-40(54)55-6/h10-15,18,21,24-26,33-35H,7,16-17,19-20,22-23H2,1-6H3,(H,45,48)(H,46,47)(H,49,54)/t26-,33-,34-,35-,41-/m0/s1. The fraction of sp³-hybridized carbons (Fsp3) is 0.500. The molecule has 3 amide bonds. The SMILES string of the molecule is COC(=O)N[C@H](C(=O)N1CC(F)(F)C[C@H]1c1ncc(-c2ccc(C#Cc3ccc4nc([C@@H]5C[C@@]6(CCCO6)CN5C(=O)[C@@H](C)C(C)C)[nH]c4c3)cc2)[nH]1)C(C)C. The summed E-state index contributed by atoms with van der Waals surface area (Å²) in [6.07, 6.45) is 2.80. The number of alkyl carbamates (subject to hydrolysis) is 1. The Balaban J connectivity index is 1.05. The maximum absolute atomic E-state index is 14.8. The molecule has 0 radical (unpaired) electrons. The first-order valence-electron chi connectivity index (χ1n) is 19.3. The number of benzene rings is 2. The van der Waals surface area contributed by atoms with Crippen molar-refractivity contribution in [2.24, 2.45) is 17.8 Å². The molecule has 14 heteroatoms. The van der Waals surface area contributed by atoms with Gasteiger partial charge < -0.3 is 34.6 Å². The van der Waals surface area contributed by atoms with E-state index in [1.54, 1.807) is 20.0 Å². The number of halogens is 2. The molecule has 0 saturated carbocycles. The number of methoxy groups -OCH3 is 1. The molecule has 56 heavy (non-hydrogen) atoms. The number of hydrogen-bond donors (Lipinski definition) is 3. The fourth-order valence-electron chi connectivity index (χ4n) is 7.98. The molecular formula is C42H49F2N7O5. The van der Waals surface area contributed by atoms with Crippen LogP contribution in [0.1, 0.15) is 95.2 Å². The molecule has 7 rings (SSSR count). The molecule has 3 saturated heterocycles. The summed E-state index contributed by atoms with van der Waals surface area (Å²) in [5, 5.41) is 2.48. The van der Waals surface area contributed by atoms with Gasteiger partial charge in [0, 0.05) is 36.5 Å². The van der Waals surface area contributed by atoms with Crippen molar-refractivity contribution >= 4 is 28.9 Å². The van der Waals surface area contributed by atoms with Crippen LogP contribution in [0.25, 0.3) is 22.3 Å². The quantitative estimate of drug-likeness (QED) is 0.168. The van der Waals surface area contributed by atoms with E-state index in [1.165, 1.54) is 7.11 Å². The Hall–Kier alpha value is -5.29. The van der Waals surface area contributed by atoms with Crippen LogP contribution in [-0.2, 0) is 19.1 Å². The van der Waals surface area contributed by atoms with Crippen molar-refractivity contribution in [3.05, 3.63) is 71.4 Å². The largest absolute Gasteiger partial charge is 0.453 e. The number of fused-ring (bicyclic) bond motifs is 1.